The predicted octanol–water partition coefficient (Wildman–Crippen LogP) is 8.45. The van der Waals surface area contributed by atoms with E-state index in [0.29, 0.717) is 57.9 Å². The maximum Gasteiger partial charge on any atom is 0.0899 e. The summed E-state index contributed by atoms with van der Waals surface area (Å²) in [5.41, 5.74) is -0.390. The molecule has 0 aliphatic rings. The minimum Gasteiger partial charge on any atom is -0.737 e. The molecule has 0 aromatic heterocycles. The monoisotopic (exact) mass is 898 g/mol. The van der Waals surface area contributed by atoms with Gasteiger partial charge in [-0.2, -0.15) is 0 Å². The molecule has 23 heteroatoms. The first-order chi connectivity index (χ1) is 28.8. The number of hydrogen-bond acceptors (Lipinski definition) is 15. The molecule has 0 atom stereocenters. The van der Waals surface area contributed by atoms with Gasteiger partial charge in [-0.3, -0.25) is 0 Å². The molecule has 0 aromatic rings. The number of hydrazine groups is 4. The van der Waals surface area contributed by atoms with E-state index in [1.54, 1.807) is 0 Å². The van der Waals surface area contributed by atoms with E-state index in [-0.39, 0.29) is 38.9 Å². The van der Waals surface area contributed by atoms with E-state index in [1.807, 2.05) is 62.3 Å². The van der Waals surface area contributed by atoms with Crippen molar-refractivity contribution < 1.29 is 19.9 Å². The van der Waals surface area contributed by atoms with Crippen molar-refractivity contribution in [3.8, 4) is 0 Å². The third-order valence-electron chi connectivity index (χ3n) is 8.55. The normalized spacial score (nSPS) is 12.1. The zero-order valence-electron chi connectivity index (χ0n) is 40.2. The number of nitrogens with zero attached hydrogens (tertiary/aromatic N) is 12. The second-order valence-corrected chi connectivity index (χ2v) is 16.2. The van der Waals surface area contributed by atoms with Crippen LogP contribution in [0, 0.1) is 41.7 Å². The maximum atomic E-state index is 11.3. The Kier molecular flexibility index (Phi) is 48.5. The molecule has 0 spiro atoms. The molecule has 0 aliphatic heterocycles. The van der Waals surface area contributed by atoms with Crippen LogP contribution in [0.15, 0.2) is 21.1 Å². The van der Waals surface area contributed by atoms with Gasteiger partial charge < -0.3 is 57.6 Å². The lowest BCUT2D eigenvalue weighted by molar-refractivity contribution is -0.706. The Labute approximate surface area is 375 Å². The van der Waals surface area contributed by atoms with Gasteiger partial charge in [-0.25, -0.2) is 0 Å². The molecule has 0 radical (unpaired) electrons. The van der Waals surface area contributed by atoms with E-state index in [1.165, 1.54) is 32.9 Å². The largest absolute Gasteiger partial charge is 0.737 e. The smallest absolute Gasteiger partial charge is 0.0899 e. The summed E-state index contributed by atoms with van der Waals surface area (Å²) < 4.78 is 0. The van der Waals surface area contributed by atoms with Crippen LogP contribution >= 0.6 is 0 Å². The molecule has 0 unspecified atom stereocenters. The third-order valence-corrected chi connectivity index (χ3v) is 8.55. The molecule has 0 aliphatic carbocycles. The van der Waals surface area contributed by atoms with Crippen molar-refractivity contribution in [3.05, 3.63) is 41.7 Å². The zero-order valence-corrected chi connectivity index (χ0v) is 40.2. The standard InChI is InChI=1S/C11H26N4O2.C10H24N4O2.C9H21N3O2.C8H20N4O2.CH4/c1-5-6-8-12-9-7-10-14(11(2,3)4)15(17)13-16;1-4-5-8-13(14(16)12-15)9-6-7-11-10(2)3;1-4-5-6-7-8-11(9(2)3)12(14)10-13;1-4-6-11(12(14)10-13)7-5-9-8(2)3;/h12,16H,5-10H2,1-4H3;10-11,15H,4-9H2,1-3H3;9,13H,4-8H2,1-3H3;8-9,13H,4-7H2,1-3H3;1H4/p-4/b15-13-;14-12-;2*12-10-;. The topological polar surface area (TPSA) is 295 Å². The van der Waals surface area contributed by atoms with Crippen LogP contribution in [-0.4, -0.2) is 129 Å². The van der Waals surface area contributed by atoms with Crippen LogP contribution in [0.1, 0.15) is 168 Å². The summed E-state index contributed by atoms with van der Waals surface area (Å²) in [4.78, 5) is 0.569. The highest BCUT2D eigenvalue weighted by Gasteiger charge is 2.27. The van der Waals surface area contributed by atoms with E-state index in [4.69, 9.17) is 0 Å². The van der Waals surface area contributed by atoms with Crippen molar-refractivity contribution in [1.82, 2.24) is 36.0 Å². The molecule has 23 nitrogen and oxygen atoms in total. The van der Waals surface area contributed by atoms with Crippen LogP contribution in [-0.2, 0) is 0 Å². The van der Waals surface area contributed by atoms with E-state index >= 15 is 0 Å². The molecule has 0 amide bonds. The highest BCUT2D eigenvalue weighted by Crippen LogP contribution is 2.14. The Bertz CT molecular complexity index is 1100. The number of hydrogen-bond donors (Lipinski definition) is 3. The summed E-state index contributed by atoms with van der Waals surface area (Å²) in [5, 5.41) is 110. The Hall–Kier alpha value is -4.12. The van der Waals surface area contributed by atoms with Crippen molar-refractivity contribution in [2.24, 2.45) is 21.1 Å². The van der Waals surface area contributed by atoms with Gasteiger partial charge in [0.25, 0.3) is 0 Å². The Morgan fingerprint density at radius 1 is 0.468 bits per heavy atom. The number of nitrogens with one attached hydrogen (secondary N) is 3. The molecule has 0 rings (SSSR count). The molecule has 0 saturated heterocycles. The minimum absolute atomic E-state index is 0. The van der Waals surface area contributed by atoms with E-state index in [0.717, 1.165) is 77.4 Å². The van der Waals surface area contributed by atoms with Gasteiger partial charge in [0.05, 0.1) is 50.8 Å². The average Bonchev–Trinajstić information content (AvgIpc) is 3.21. The number of unbranched alkanes of at least 4 members (excludes halogenated alkanes) is 5. The van der Waals surface area contributed by atoms with Crippen LogP contribution in [0.4, 0.5) is 0 Å². The first-order valence-corrected chi connectivity index (χ1v) is 22.2. The lowest BCUT2D eigenvalue weighted by Gasteiger charge is -2.31. The van der Waals surface area contributed by atoms with Crippen molar-refractivity contribution >= 4 is 0 Å². The lowest BCUT2D eigenvalue weighted by atomic mass is 10.1. The van der Waals surface area contributed by atoms with E-state index < -0.39 is 0 Å². The van der Waals surface area contributed by atoms with Gasteiger partial charge >= 0.3 is 0 Å². The zero-order chi connectivity index (χ0) is 47.6. The molecular formula is C39H91N15O8-4. The lowest BCUT2D eigenvalue weighted by Crippen LogP contribution is -2.46. The second kappa shape index (κ2) is 44.9. The highest BCUT2D eigenvalue weighted by molar-refractivity contribution is 4.69. The van der Waals surface area contributed by atoms with Crippen LogP contribution in [0.3, 0.4) is 0 Å². The van der Waals surface area contributed by atoms with Gasteiger partial charge in [0.2, 0.25) is 0 Å². The fourth-order valence-corrected chi connectivity index (χ4v) is 5.19. The van der Waals surface area contributed by atoms with Crippen molar-refractivity contribution in [1.29, 1.82) is 0 Å². The molecular weight excluding hydrogens is 807 g/mol. The fraction of sp³-hybridized carbons (Fsp3) is 1.00. The molecule has 62 heavy (non-hydrogen) atoms. The summed E-state index contributed by atoms with van der Waals surface area (Å²) in [6, 6.07) is 0.839. The minimum atomic E-state index is -0.390. The Balaban J connectivity index is -0.000000232. The predicted molar refractivity (Wildman–Crippen MR) is 248 cm³/mol. The average molecular weight is 898 g/mol. The van der Waals surface area contributed by atoms with Gasteiger partial charge in [0.15, 0.2) is 0 Å². The van der Waals surface area contributed by atoms with Crippen LogP contribution in [0.2, 0.25) is 0 Å². The van der Waals surface area contributed by atoms with E-state index in [2.05, 4.69) is 64.8 Å². The Morgan fingerprint density at radius 2 is 0.919 bits per heavy atom. The molecule has 0 bridgehead atoms. The first kappa shape index (κ1) is 67.0. The molecule has 0 heterocycles. The van der Waals surface area contributed by atoms with Gasteiger partial charge in [0.1, 0.15) is 0 Å². The van der Waals surface area contributed by atoms with Crippen molar-refractivity contribution in [3.63, 3.8) is 0 Å². The molecule has 0 aromatic carbocycles. The van der Waals surface area contributed by atoms with Crippen LogP contribution in [0.5, 0.6) is 0 Å². The Morgan fingerprint density at radius 3 is 1.35 bits per heavy atom. The van der Waals surface area contributed by atoms with Gasteiger partial charge in [-0.15, -0.1) is 20.0 Å². The molecule has 0 fully saturated rings. The summed E-state index contributed by atoms with van der Waals surface area (Å²) in [7, 11) is 0. The summed E-state index contributed by atoms with van der Waals surface area (Å²) in [5.74, 6) is 0. The SMILES string of the molecule is C.CCCCCCN(C(C)C)/[N+]([O-])=N/[O-].CCCCN(CCCNC(C)C)/[N+]([O-])=N/[O-].CCCCNCCCN(/[N+]([O-])=N/[O-])C(C)(C)C.CCCN(CCNC(C)C)/[N+]([O-])=N/[O-]. The fourth-order valence-electron chi connectivity index (χ4n) is 5.19. The van der Waals surface area contributed by atoms with Gasteiger partial charge in [-0.1, -0.05) is 94.9 Å². The molecule has 3 N–H and O–H groups in total. The molecule has 374 valence electrons. The summed E-state index contributed by atoms with van der Waals surface area (Å²) in [6.45, 7) is 32.5. The van der Waals surface area contributed by atoms with Crippen molar-refractivity contribution in [2.45, 2.75) is 192 Å². The van der Waals surface area contributed by atoms with Crippen LogP contribution in [0.25, 0.3) is 0 Å². The quantitative estimate of drug-likeness (QED) is 0.0254. The first-order valence-electron chi connectivity index (χ1n) is 22.2. The summed E-state index contributed by atoms with van der Waals surface area (Å²) in [6.07, 6.45) is 11.0. The highest BCUT2D eigenvalue weighted by atomic mass is 16.6. The second-order valence-electron chi connectivity index (χ2n) is 16.2. The van der Waals surface area contributed by atoms with E-state index in [9.17, 15) is 41.7 Å². The molecule has 0 saturated carbocycles. The van der Waals surface area contributed by atoms with Crippen LogP contribution < -0.4 is 16.0 Å². The number of rotatable bonds is 31. The third kappa shape index (κ3) is 41.2. The van der Waals surface area contributed by atoms with Crippen molar-refractivity contribution in [2.75, 3.05) is 65.4 Å². The van der Waals surface area contributed by atoms with Gasteiger partial charge in [-0.05, 0) is 114 Å². The summed E-state index contributed by atoms with van der Waals surface area (Å²) >= 11 is 0. The van der Waals surface area contributed by atoms with Gasteiger partial charge in [0, 0.05) is 38.5 Å². The maximum absolute atomic E-state index is 11.3.